The normalized spacial score (nSPS) is 18.4. The van der Waals surface area contributed by atoms with E-state index in [1.54, 1.807) is 0 Å². The van der Waals surface area contributed by atoms with Gasteiger partial charge < -0.3 is 15.5 Å². The highest BCUT2D eigenvalue weighted by Crippen LogP contribution is 2.26. The van der Waals surface area contributed by atoms with Crippen LogP contribution in [0.2, 0.25) is 0 Å². The zero-order valence-corrected chi connectivity index (χ0v) is 12.6. The largest absolute Gasteiger partial charge is 0.465 e. The molecule has 1 aliphatic heterocycles. The maximum atomic E-state index is 5.88. The van der Waals surface area contributed by atoms with E-state index in [9.17, 15) is 0 Å². The van der Waals surface area contributed by atoms with Crippen molar-refractivity contribution in [3.63, 3.8) is 0 Å². The van der Waals surface area contributed by atoms with E-state index in [0.717, 1.165) is 37.6 Å². The van der Waals surface area contributed by atoms with Crippen LogP contribution in [-0.2, 0) is 0 Å². The number of likely N-dealkylation sites (tertiary alicyclic amines) is 1. The molecule has 5 heteroatoms. The van der Waals surface area contributed by atoms with Gasteiger partial charge in [-0.25, -0.2) is 0 Å². The number of aliphatic imine (C=N–C) groups is 1. The van der Waals surface area contributed by atoms with Gasteiger partial charge in [0.05, 0.1) is 12.6 Å². The molecule has 2 rings (SSSR count). The van der Waals surface area contributed by atoms with Gasteiger partial charge in [0.25, 0.3) is 0 Å². The van der Waals surface area contributed by atoms with Crippen LogP contribution in [0.1, 0.15) is 43.7 Å². The van der Waals surface area contributed by atoms with E-state index in [4.69, 9.17) is 10.2 Å². The van der Waals surface area contributed by atoms with Crippen molar-refractivity contribution in [3.8, 4) is 0 Å². The van der Waals surface area contributed by atoms with Crippen molar-refractivity contribution in [2.75, 3.05) is 26.2 Å². The monoisotopic (exact) mass is 278 g/mol. The lowest BCUT2D eigenvalue weighted by molar-refractivity contribution is 0.219. The van der Waals surface area contributed by atoms with Gasteiger partial charge in [0.1, 0.15) is 11.5 Å². The molecule has 112 valence electrons. The molecule has 0 spiro atoms. The average Bonchev–Trinajstić information content (AvgIpc) is 3.09. The van der Waals surface area contributed by atoms with Crippen LogP contribution in [-0.4, -0.2) is 37.0 Å². The highest BCUT2D eigenvalue weighted by atomic mass is 16.3. The first-order chi connectivity index (χ1) is 9.70. The van der Waals surface area contributed by atoms with Gasteiger partial charge in [-0.2, -0.15) is 0 Å². The minimum atomic E-state index is 0.202. The maximum absolute atomic E-state index is 5.88. The highest BCUT2D eigenvalue weighted by molar-refractivity contribution is 5.77. The lowest BCUT2D eigenvalue weighted by Gasteiger charge is -2.24. The Labute approximate surface area is 121 Å². The van der Waals surface area contributed by atoms with Crippen LogP contribution in [0, 0.1) is 6.92 Å². The van der Waals surface area contributed by atoms with Crippen molar-refractivity contribution < 1.29 is 4.42 Å². The SMILES string of the molecule is CCCNC(N)=NCC(c1ccc(C)o1)N1CCCC1. The molecular formula is C15H26N4O. The molecule has 0 aliphatic carbocycles. The van der Waals surface area contributed by atoms with Gasteiger partial charge in [-0.15, -0.1) is 0 Å². The molecule has 1 aromatic rings. The molecule has 0 radical (unpaired) electrons. The number of nitrogens with two attached hydrogens (primary N) is 1. The Balaban J connectivity index is 2.03. The number of nitrogens with zero attached hydrogens (tertiary/aromatic N) is 2. The van der Waals surface area contributed by atoms with Crippen LogP contribution >= 0.6 is 0 Å². The van der Waals surface area contributed by atoms with Gasteiger partial charge >= 0.3 is 0 Å². The van der Waals surface area contributed by atoms with Gasteiger partial charge in [0, 0.05) is 6.54 Å². The zero-order valence-electron chi connectivity index (χ0n) is 12.6. The second-order valence-electron chi connectivity index (χ2n) is 5.36. The summed E-state index contributed by atoms with van der Waals surface area (Å²) in [5.74, 6) is 2.47. The summed E-state index contributed by atoms with van der Waals surface area (Å²) in [6.07, 6.45) is 3.55. The second-order valence-corrected chi connectivity index (χ2v) is 5.36. The molecule has 0 bridgehead atoms. The van der Waals surface area contributed by atoms with Crippen molar-refractivity contribution in [3.05, 3.63) is 23.7 Å². The van der Waals surface area contributed by atoms with E-state index in [1.165, 1.54) is 12.8 Å². The summed E-state index contributed by atoms with van der Waals surface area (Å²) in [6.45, 7) is 7.83. The minimum Gasteiger partial charge on any atom is -0.465 e. The number of rotatable bonds is 6. The topological polar surface area (TPSA) is 66.8 Å². The van der Waals surface area contributed by atoms with Gasteiger partial charge in [-0.3, -0.25) is 9.89 Å². The molecule has 3 N–H and O–H groups in total. The molecule has 0 amide bonds. The third-order valence-corrected chi connectivity index (χ3v) is 3.66. The van der Waals surface area contributed by atoms with Crippen molar-refractivity contribution in [2.45, 2.75) is 39.2 Å². The fourth-order valence-electron chi connectivity index (χ4n) is 2.56. The molecule has 5 nitrogen and oxygen atoms in total. The van der Waals surface area contributed by atoms with Gasteiger partial charge in [-0.1, -0.05) is 6.92 Å². The molecule has 0 saturated carbocycles. The summed E-state index contributed by atoms with van der Waals surface area (Å²) < 4.78 is 5.80. The van der Waals surface area contributed by atoms with Gasteiger partial charge in [0.2, 0.25) is 0 Å². The van der Waals surface area contributed by atoms with Crippen molar-refractivity contribution in [1.29, 1.82) is 0 Å². The molecule has 1 atom stereocenters. The van der Waals surface area contributed by atoms with E-state index >= 15 is 0 Å². The van der Waals surface area contributed by atoms with Crippen molar-refractivity contribution in [2.24, 2.45) is 10.7 Å². The summed E-state index contributed by atoms with van der Waals surface area (Å²) in [5.41, 5.74) is 5.88. The summed E-state index contributed by atoms with van der Waals surface area (Å²) in [4.78, 5) is 6.91. The molecule has 1 aliphatic rings. The van der Waals surface area contributed by atoms with Crippen LogP contribution < -0.4 is 11.1 Å². The van der Waals surface area contributed by atoms with Crippen molar-refractivity contribution >= 4 is 5.96 Å². The Morgan fingerprint density at radius 2 is 2.20 bits per heavy atom. The van der Waals surface area contributed by atoms with E-state index in [1.807, 2.05) is 13.0 Å². The Bertz CT molecular complexity index is 435. The Hall–Kier alpha value is -1.49. The summed E-state index contributed by atoms with van der Waals surface area (Å²) >= 11 is 0. The fourth-order valence-corrected chi connectivity index (χ4v) is 2.56. The number of guanidine groups is 1. The van der Waals surface area contributed by atoms with Crippen LogP contribution in [0.15, 0.2) is 21.5 Å². The van der Waals surface area contributed by atoms with Crippen LogP contribution in [0.5, 0.6) is 0 Å². The third kappa shape index (κ3) is 4.00. The Kier molecular flexibility index (Phi) is 5.47. The average molecular weight is 278 g/mol. The summed E-state index contributed by atoms with van der Waals surface area (Å²) in [5, 5.41) is 3.11. The standard InChI is InChI=1S/C15H26N4O/c1-3-8-17-15(16)18-11-13(19-9-4-5-10-19)14-7-6-12(2)20-14/h6-7,13H,3-5,8-11H2,1-2H3,(H3,16,17,18). The molecule has 1 fully saturated rings. The summed E-state index contributed by atoms with van der Waals surface area (Å²) in [7, 11) is 0. The number of hydrogen-bond acceptors (Lipinski definition) is 3. The smallest absolute Gasteiger partial charge is 0.188 e. The maximum Gasteiger partial charge on any atom is 0.188 e. The van der Waals surface area contributed by atoms with Crippen LogP contribution in [0.4, 0.5) is 0 Å². The minimum absolute atomic E-state index is 0.202. The lowest BCUT2D eigenvalue weighted by Crippen LogP contribution is -2.34. The van der Waals surface area contributed by atoms with Crippen molar-refractivity contribution in [1.82, 2.24) is 10.2 Å². The Morgan fingerprint density at radius 1 is 1.45 bits per heavy atom. The lowest BCUT2D eigenvalue weighted by atomic mass is 10.2. The Morgan fingerprint density at radius 3 is 2.80 bits per heavy atom. The predicted octanol–water partition coefficient (Wildman–Crippen LogP) is 2.04. The van der Waals surface area contributed by atoms with Gasteiger partial charge in [-0.05, 0) is 51.4 Å². The molecule has 2 heterocycles. The molecular weight excluding hydrogens is 252 g/mol. The summed E-state index contributed by atoms with van der Waals surface area (Å²) in [6, 6.07) is 4.28. The first-order valence-corrected chi connectivity index (χ1v) is 7.55. The molecule has 1 aromatic heterocycles. The first kappa shape index (κ1) is 14.9. The van der Waals surface area contributed by atoms with E-state index < -0.39 is 0 Å². The molecule has 20 heavy (non-hydrogen) atoms. The van der Waals surface area contributed by atoms with Gasteiger partial charge in [0.15, 0.2) is 5.96 Å². The molecule has 1 unspecified atom stereocenters. The number of nitrogens with one attached hydrogen (secondary N) is 1. The zero-order chi connectivity index (χ0) is 14.4. The number of hydrogen-bond donors (Lipinski definition) is 2. The predicted molar refractivity (Wildman–Crippen MR) is 81.8 cm³/mol. The van der Waals surface area contributed by atoms with Crippen LogP contribution in [0.3, 0.4) is 0 Å². The highest BCUT2D eigenvalue weighted by Gasteiger charge is 2.25. The number of furan rings is 1. The first-order valence-electron chi connectivity index (χ1n) is 7.55. The second kappa shape index (κ2) is 7.33. The number of aryl methyl sites for hydroxylation is 1. The van der Waals surface area contributed by atoms with E-state index in [2.05, 4.69) is 28.2 Å². The van der Waals surface area contributed by atoms with E-state index in [-0.39, 0.29) is 6.04 Å². The fraction of sp³-hybridized carbons (Fsp3) is 0.667. The molecule has 0 aromatic carbocycles. The quantitative estimate of drug-likeness (QED) is 0.617. The van der Waals surface area contributed by atoms with E-state index in [0.29, 0.717) is 12.5 Å². The third-order valence-electron chi connectivity index (χ3n) is 3.66. The molecule has 1 saturated heterocycles. The van der Waals surface area contributed by atoms with Crippen LogP contribution in [0.25, 0.3) is 0 Å².